The van der Waals surface area contributed by atoms with Crippen LogP contribution in [0.25, 0.3) is 0 Å². The molecule has 0 radical (unpaired) electrons. The summed E-state index contributed by atoms with van der Waals surface area (Å²) in [6.45, 7) is 7.80. The molecule has 2 aliphatic rings. The van der Waals surface area contributed by atoms with Crippen molar-refractivity contribution in [3.8, 4) is 0 Å². The molecule has 3 rings (SSSR count). The van der Waals surface area contributed by atoms with Crippen LogP contribution in [0.1, 0.15) is 22.3 Å². The first kappa shape index (κ1) is 13.5. The molecule has 108 valence electrons. The first-order chi connectivity index (χ1) is 9.74. The predicted molar refractivity (Wildman–Crippen MR) is 77.7 cm³/mol. The van der Waals surface area contributed by atoms with Gasteiger partial charge < -0.3 is 10.2 Å². The lowest BCUT2D eigenvalue weighted by atomic mass is 10.1. The quantitative estimate of drug-likeness (QED) is 0.854. The summed E-state index contributed by atoms with van der Waals surface area (Å²) in [6.07, 6.45) is 4.68. The van der Waals surface area contributed by atoms with Crippen LogP contribution in [0, 0.1) is 6.92 Å². The summed E-state index contributed by atoms with van der Waals surface area (Å²) in [4.78, 5) is 21.0. The minimum absolute atomic E-state index is 0.116. The number of nitrogens with one attached hydrogen (secondary N) is 1. The van der Waals surface area contributed by atoms with E-state index in [1.807, 2.05) is 17.9 Å². The van der Waals surface area contributed by atoms with Crippen molar-refractivity contribution in [2.75, 3.05) is 39.3 Å². The molecular weight excluding hydrogens is 252 g/mol. The van der Waals surface area contributed by atoms with Crippen molar-refractivity contribution >= 4 is 5.91 Å². The minimum atomic E-state index is 0.116. The van der Waals surface area contributed by atoms with Crippen molar-refractivity contribution in [2.24, 2.45) is 0 Å². The Balaban J connectivity index is 1.58. The van der Waals surface area contributed by atoms with Crippen LogP contribution in [0.2, 0.25) is 0 Å². The number of piperazine rings is 1. The number of aryl methyl sites for hydroxylation is 1. The molecule has 2 aliphatic heterocycles. The fourth-order valence-electron chi connectivity index (χ4n) is 3.10. The van der Waals surface area contributed by atoms with E-state index in [4.69, 9.17) is 0 Å². The van der Waals surface area contributed by atoms with Gasteiger partial charge in [0, 0.05) is 51.2 Å². The van der Waals surface area contributed by atoms with Gasteiger partial charge in [-0.15, -0.1) is 0 Å². The van der Waals surface area contributed by atoms with E-state index in [0.717, 1.165) is 44.8 Å². The van der Waals surface area contributed by atoms with Crippen LogP contribution < -0.4 is 5.32 Å². The molecule has 0 spiro atoms. The molecule has 20 heavy (non-hydrogen) atoms. The maximum Gasteiger partial charge on any atom is 0.255 e. The fraction of sp³-hybridized carbons (Fsp3) is 0.600. The number of carbonyl (C=O) groups is 1. The standard InChI is InChI=1S/C15H22N4O/c1-12-8-13(10-17-9-12)15(20)19-6-4-18(5-7-19)14-2-3-16-11-14/h8-10,14,16H,2-7,11H2,1H3. The normalized spacial score (nSPS) is 24.1. The van der Waals surface area contributed by atoms with Crippen molar-refractivity contribution in [3.63, 3.8) is 0 Å². The highest BCUT2D eigenvalue weighted by molar-refractivity contribution is 5.94. The number of carbonyl (C=O) groups excluding carboxylic acids is 1. The molecular formula is C15H22N4O. The van der Waals surface area contributed by atoms with Crippen LogP contribution in [0.5, 0.6) is 0 Å². The van der Waals surface area contributed by atoms with Crippen LogP contribution in [-0.2, 0) is 0 Å². The second kappa shape index (κ2) is 5.89. The van der Waals surface area contributed by atoms with Gasteiger partial charge in [-0.2, -0.15) is 0 Å². The molecule has 0 bridgehead atoms. The Bertz CT molecular complexity index is 477. The third kappa shape index (κ3) is 2.83. The second-order valence-electron chi connectivity index (χ2n) is 5.73. The van der Waals surface area contributed by atoms with E-state index >= 15 is 0 Å². The van der Waals surface area contributed by atoms with Gasteiger partial charge in [0.15, 0.2) is 0 Å². The van der Waals surface area contributed by atoms with Crippen LogP contribution in [0.3, 0.4) is 0 Å². The Morgan fingerprint density at radius 2 is 2.10 bits per heavy atom. The highest BCUT2D eigenvalue weighted by Crippen LogP contribution is 2.14. The topological polar surface area (TPSA) is 48.5 Å². The molecule has 1 unspecified atom stereocenters. The van der Waals surface area contributed by atoms with E-state index in [9.17, 15) is 4.79 Å². The predicted octanol–water partition coefficient (Wildman–Crippen LogP) is 0.510. The zero-order valence-electron chi connectivity index (χ0n) is 12.0. The van der Waals surface area contributed by atoms with Gasteiger partial charge >= 0.3 is 0 Å². The number of rotatable bonds is 2. The Morgan fingerprint density at radius 1 is 1.30 bits per heavy atom. The van der Waals surface area contributed by atoms with Crippen LogP contribution in [-0.4, -0.2) is 66.0 Å². The summed E-state index contributed by atoms with van der Waals surface area (Å²) < 4.78 is 0. The number of aromatic nitrogens is 1. The van der Waals surface area contributed by atoms with E-state index in [1.54, 1.807) is 12.4 Å². The van der Waals surface area contributed by atoms with Crippen molar-refractivity contribution in [3.05, 3.63) is 29.6 Å². The van der Waals surface area contributed by atoms with Gasteiger partial charge in [-0.05, 0) is 31.5 Å². The lowest BCUT2D eigenvalue weighted by molar-refractivity contribution is 0.0583. The highest BCUT2D eigenvalue weighted by atomic mass is 16.2. The zero-order chi connectivity index (χ0) is 13.9. The molecule has 2 saturated heterocycles. The highest BCUT2D eigenvalue weighted by Gasteiger charge is 2.28. The number of hydrogen-bond donors (Lipinski definition) is 1. The lowest BCUT2D eigenvalue weighted by Crippen LogP contribution is -2.52. The van der Waals surface area contributed by atoms with Crippen LogP contribution in [0.15, 0.2) is 18.5 Å². The molecule has 2 fully saturated rings. The SMILES string of the molecule is Cc1cncc(C(=O)N2CCN(C3CCNC3)CC2)c1. The maximum absolute atomic E-state index is 12.4. The van der Waals surface area contributed by atoms with Gasteiger partial charge in [-0.1, -0.05) is 0 Å². The van der Waals surface area contributed by atoms with E-state index in [-0.39, 0.29) is 5.91 Å². The van der Waals surface area contributed by atoms with Crippen LogP contribution in [0.4, 0.5) is 0 Å². The summed E-state index contributed by atoms with van der Waals surface area (Å²) in [5, 5.41) is 3.41. The molecule has 1 amide bonds. The Hall–Kier alpha value is -1.46. The zero-order valence-corrected chi connectivity index (χ0v) is 12.0. The molecule has 1 atom stereocenters. The van der Waals surface area contributed by atoms with Crippen molar-refractivity contribution < 1.29 is 4.79 Å². The second-order valence-corrected chi connectivity index (χ2v) is 5.73. The monoisotopic (exact) mass is 274 g/mol. The summed E-state index contributed by atoms with van der Waals surface area (Å²) >= 11 is 0. The van der Waals surface area contributed by atoms with Gasteiger partial charge in [-0.3, -0.25) is 14.7 Å². The number of nitrogens with zero attached hydrogens (tertiary/aromatic N) is 3. The smallest absolute Gasteiger partial charge is 0.255 e. The summed E-state index contributed by atoms with van der Waals surface area (Å²) in [5.74, 6) is 0.116. The van der Waals surface area contributed by atoms with Crippen molar-refractivity contribution in [1.82, 2.24) is 20.1 Å². The Kier molecular flexibility index (Phi) is 3.98. The van der Waals surface area contributed by atoms with Crippen molar-refractivity contribution in [1.29, 1.82) is 0 Å². The molecule has 5 heteroatoms. The molecule has 3 heterocycles. The van der Waals surface area contributed by atoms with Gasteiger partial charge in [-0.25, -0.2) is 0 Å². The minimum Gasteiger partial charge on any atom is -0.336 e. The largest absolute Gasteiger partial charge is 0.336 e. The molecule has 1 N–H and O–H groups in total. The van der Waals surface area contributed by atoms with Crippen LogP contribution >= 0.6 is 0 Å². The first-order valence-corrected chi connectivity index (χ1v) is 7.40. The molecule has 0 aliphatic carbocycles. The summed E-state index contributed by atoms with van der Waals surface area (Å²) in [6, 6.07) is 2.58. The van der Waals surface area contributed by atoms with E-state index in [0.29, 0.717) is 11.6 Å². The summed E-state index contributed by atoms with van der Waals surface area (Å²) in [5.41, 5.74) is 1.74. The Morgan fingerprint density at radius 3 is 2.75 bits per heavy atom. The number of pyridine rings is 1. The average molecular weight is 274 g/mol. The van der Waals surface area contributed by atoms with Gasteiger partial charge in [0.2, 0.25) is 0 Å². The van der Waals surface area contributed by atoms with E-state index < -0.39 is 0 Å². The Labute approximate surface area is 120 Å². The maximum atomic E-state index is 12.4. The number of amides is 1. The van der Waals surface area contributed by atoms with Gasteiger partial charge in [0.1, 0.15) is 0 Å². The molecule has 0 saturated carbocycles. The fourth-order valence-corrected chi connectivity index (χ4v) is 3.10. The van der Waals surface area contributed by atoms with E-state index in [2.05, 4.69) is 15.2 Å². The molecule has 5 nitrogen and oxygen atoms in total. The molecule has 1 aromatic heterocycles. The molecule has 1 aromatic rings. The van der Waals surface area contributed by atoms with Crippen molar-refractivity contribution in [2.45, 2.75) is 19.4 Å². The average Bonchev–Trinajstić information content (AvgIpc) is 3.01. The number of hydrogen-bond acceptors (Lipinski definition) is 4. The van der Waals surface area contributed by atoms with Gasteiger partial charge in [0.05, 0.1) is 5.56 Å². The van der Waals surface area contributed by atoms with E-state index in [1.165, 1.54) is 6.42 Å². The third-order valence-electron chi connectivity index (χ3n) is 4.27. The van der Waals surface area contributed by atoms with Gasteiger partial charge in [0.25, 0.3) is 5.91 Å². The summed E-state index contributed by atoms with van der Waals surface area (Å²) in [7, 11) is 0. The third-order valence-corrected chi connectivity index (χ3v) is 4.27. The molecule has 0 aromatic carbocycles. The lowest BCUT2D eigenvalue weighted by Gasteiger charge is -2.37. The first-order valence-electron chi connectivity index (χ1n) is 7.40.